The van der Waals surface area contributed by atoms with Crippen LogP contribution in [0.4, 0.5) is 20.3 Å². The normalized spacial score (nSPS) is 12.6. The zero-order valence-corrected chi connectivity index (χ0v) is 27.2. The molecular formula is C34H44F2N7O4+. The summed E-state index contributed by atoms with van der Waals surface area (Å²) in [6, 6.07) is 8.24. The Morgan fingerprint density at radius 3 is 2.51 bits per heavy atom. The van der Waals surface area contributed by atoms with Crippen molar-refractivity contribution in [1.82, 2.24) is 19.7 Å². The van der Waals surface area contributed by atoms with Gasteiger partial charge in [-0.2, -0.15) is 4.39 Å². The Labute approximate surface area is 273 Å². The van der Waals surface area contributed by atoms with Gasteiger partial charge in [-0.15, -0.1) is 0 Å². The smallest absolute Gasteiger partial charge is 0.359 e. The molecule has 4 rings (SSSR count). The number of imidazole rings is 1. The molecule has 0 aliphatic heterocycles. The second kappa shape index (κ2) is 16.3. The Balaban J connectivity index is 1.37. The van der Waals surface area contributed by atoms with Crippen LogP contribution in [-0.2, 0) is 11.2 Å². The number of fused-ring (bicyclic) bond motifs is 1. The van der Waals surface area contributed by atoms with Gasteiger partial charge in [-0.1, -0.05) is 6.92 Å². The van der Waals surface area contributed by atoms with Crippen molar-refractivity contribution in [1.29, 1.82) is 0 Å². The predicted molar refractivity (Wildman–Crippen MR) is 177 cm³/mol. The molecular weight excluding hydrogens is 608 g/mol. The van der Waals surface area contributed by atoms with Gasteiger partial charge in [-0.25, -0.2) is 19.2 Å². The number of nitrogens with one attached hydrogen (secondary N) is 2. The van der Waals surface area contributed by atoms with E-state index in [2.05, 4.69) is 20.6 Å². The maximum Gasteiger partial charge on any atom is 0.359 e. The van der Waals surface area contributed by atoms with Gasteiger partial charge in [0.2, 0.25) is 5.82 Å². The van der Waals surface area contributed by atoms with Crippen LogP contribution >= 0.6 is 0 Å². The van der Waals surface area contributed by atoms with E-state index in [-0.39, 0.29) is 23.8 Å². The summed E-state index contributed by atoms with van der Waals surface area (Å²) in [5.41, 5.74) is 8.51. The summed E-state index contributed by atoms with van der Waals surface area (Å²) in [7, 11) is 3.25. The number of benzene rings is 2. The van der Waals surface area contributed by atoms with E-state index in [4.69, 9.17) is 10.5 Å². The van der Waals surface area contributed by atoms with Gasteiger partial charge in [-0.3, -0.25) is 9.20 Å². The molecule has 2 heterocycles. The number of anilines is 2. The number of aliphatic carboxylic acids is 1. The molecule has 0 saturated carbocycles. The molecule has 0 fully saturated rings. The fourth-order valence-corrected chi connectivity index (χ4v) is 5.74. The van der Waals surface area contributed by atoms with Crippen LogP contribution in [0.25, 0.3) is 16.9 Å². The highest BCUT2D eigenvalue weighted by Crippen LogP contribution is 2.31. The van der Waals surface area contributed by atoms with Crippen LogP contribution in [0.15, 0.2) is 48.9 Å². The number of amides is 1. The number of carboxylic acids is 1. The summed E-state index contributed by atoms with van der Waals surface area (Å²) in [5, 5.41) is 15.6. The first kappa shape index (κ1) is 35.2. The van der Waals surface area contributed by atoms with Crippen molar-refractivity contribution in [3.63, 3.8) is 0 Å². The van der Waals surface area contributed by atoms with Crippen LogP contribution in [0.5, 0.6) is 5.75 Å². The monoisotopic (exact) mass is 652 g/mol. The maximum atomic E-state index is 14.9. The summed E-state index contributed by atoms with van der Waals surface area (Å²) in [6.07, 6.45) is 9.54. The maximum absolute atomic E-state index is 14.9. The average Bonchev–Trinajstić information content (AvgIpc) is 3.48. The number of carboxylic acid groups (broad SMARTS) is 1. The molecule has 1 atom stereocenters. The van der Waals surface area contributed by atoms with Crippen LogP contribution in [-0.4, -0.2) is 82.7 Å². The number of nitrogens with two attached hydrogens (primary N) is 1. The lowest BCUT2D eigenvalue weighted by atomic mass is 10.0. The standard InChI is InChI=1S/C34H43F2N7O4/c1-4-23-20-24(10-11-25(23)34(46)39-15-7-5-8-18-43(2,22-29(44)45)19-9-6-14-37)41-32-33-40-21-27(42(33)17-16-38-32)26-12-13-28(47-3)31(36)30(26)35/h10-13,16-17,20-21H,4-9,14-15,18-19,22,37H2,1-3H3,(H2-,38,39,41,44,45,46)/p+1. The molecule has 2 aromatic carbocycles. The number of hydrogen-bond acceptors (Lipinski definition) is 7. The Hall–Kier alpha value is -4.62. The van der Waals surface area contributed by atoms with Crippen molar-refractivity contribution >= 4 is 29.0 Å². The first-order valence-corrected chi connectivity index (χ1v) is 15.9. The van der Waals surface area contributed by atoms with Crippen molar-refractivity contribution in [2.75, 3.05) is 52.2 Å². The van der Waals surface area contributed by atoms with Crippen molar-refractivity contribution in [2.45, 2.75) is 45.4 Å². The zero-order valence-electron chi connectivity index (χ0n) is 27.2. The van der Waals surface area contributed by atoms with Gasteiger partial charge >= 0.3 is 5.97 Å². The molecule has 252 valence electrons. The predicted octanol–water partition coefficient (Wildman–Crippen LogP) is 5.16. The van der Waals surface area contributed by atoms with E-state index in [0.717, 1.165) is 50.8 Å². The summed E-state index contributed by atoms with van der Waals surface area (Å²) >= 11 is 0. The molecule has 4 aromatic rings. The zero-order chi connectivity index (χ0) is 34.0. The molecule has 1 unspecified atom stereocenters. The Morgan fingerprint density at radius 1 is 1.04 bits per heavy atom. The van der Waals surface area contributed by atoms with Gasteiger partial charge in [-0.05, 0) is 81.0 Å². The van der Waals surface area contributed by atoms with Crippen LogP contribution in [0.1, 0.15) is 54.9 Å². The van der Waals surface area contributed by atoms with E-state index in [1.807, 2.05) is 20.0 Å². The van der Waals surface area contributed by atoms with E-state index in [9.17, 15) is 23.5 Å². The number of hydrogen-bond donors (Lipinski definition) is 4. The van der Waals surface area contributed by atoms with Crippen LogP contribution < -0.4 is 21.1 Å². The molecule has 13 heteroatoms. The summed E-state index contributed by atoms with van der Waals surface area (Å²) in [5.74, 6) is -2.85. The molecule has 0 saturated heterocycles. The molecule has 0 radical (unpaired) electrons. The number of carbonyl (C=O) groups is 2. The molecule has 2 aromatic heterocycles. The first-order valence-electron chi connectivity index (χ1n) is 15.9. The van der Waals surface area contributed by atoms with Crippen molar-refractivity contribution in [3.8, 4) is 17.0 Å². The number of quaternary nitrogens is 1. The highest BCUT2D eigenvalue weighted by atomic mass is 19.2. The Kier molecular flexibility index (Phi) is 12.2. The van der Waals surface area contributed by atoms with Crippen LogP contribution in [0.2, 0.25) is 0 Å². The minimum atomic E-state index is -1.08. The second-order valence-corrected chi connectivity index (χ2v) is 11.8. The third-order valence-corrected chi connectivity index (χ3v) is 8.29. The quantitative estimate of drug-likeness (QED) is 0.0853. The van der Waals surface area contributed by atoms with Gasteiger partial charge in [0, 0.05) is 35.8 Å². The van der Waals surface area contributed by atoms with Crippen LogP contribution in [0, 0.1) is 11.6 Å². The number of aryl methyl sites for hydroxylation is 1. The molecule has 11 nitrogen and oxygen atoms in total. The number of ether oxygens (including phenoxy) is 1. The first-order chi connectivity index (χ1) is 22.6. The number of unbranched alkanes of at least 4 members (excludes halogenated alkanes) is 3. The molecule has 0 bridgehead atoms. The second-order valence-electron chi connectivity index (χ2n) is 11.8. The summed E-state index contributed by atoms with van der Waals surface area (Å²) < 4.78 is 36.2. The minimum absolute atomic E-state index is 0.0331. The number of rotatable bonds is 18. The lowest BCUT2D eigenvalue weighted by molar-refractivity contribution is -0.903. The van der Waals surface area contributed by atoms with Crippen molar-refractivity contribution in [2.24, 2.45) is 5.73 Å². The lowest BCUT2D eigenvalue weighted by Gasteiger charge is -2.33. The highest BCUT2D eigenvalue weighted by molar-refractivity contribution is 5.96. The molecule has 5 N–H and O–H groups in total. The Morgan fingerprint density at radius 2 is 1.81 bits per heavy atom. The lowest BCUT2D eigenvalue weighted by Crippen LogP contribution is -2.49. The number of aromatic nitrogens is 3. The van der Waals surface area contributed by atoms with Crippen molar-refractivity contribution < 1.29 is 32.7 Å². The molecule has 1 amide bonds. The van der Waals surface area contributed by atoms with Crippen molar-refractivity contribution in [3.05, 3.63) is 71.7 Å². The third-order valence-electron chi connectivity index (χ3n) is 8.29. The summed E-state index contributed by atoms with van der Waals surface area (Å²) in [4.78, 5) is 33.2. The molecule has 0 aliphatic rings. The minimum Gasteiger partial charge on any atom is -0.494 e. The number of nitrogens with zero attached hydrogens (tertiary/aromatic N) is 4. The fraction of sp³-hybridized carbons (Fsp3) is 0.412. The van der Waals surface area contributed by atoms with E-state index in [1.165, 1.54) is 31.6 Å². The van der Waals surface area contributed by atoms with Gasteiger partial charge in [0.05, 0.1) is 39.1 Å². The van der Waals surface area contributed by atoms with Gasteiger partial charge in [0.25, 0.3) is 5.91 Å². The topological polar surface area (TPSA) is 144 Å². The fourth-order valence-electron chi connectivity index (χ4n) is 5.74. The van der Waals surface area contributed by atoms with E-state index in [1.54, 1.807) is 22.7 Å². The number of likely N-dealkylation sites (N-methyl/N-ethyl adjacent to an activating group) is 1. The average molecular weight is 653 g/mol. The molecule has 47 heavy (non-hydrogen) atoms. The van der Waals surface area contributed by atoms with E-state index >= 15 is 0 Å². The SMILES string of the molecule is CCc1cc(Nc2nccn3c(-c4ccc(OC)c(F)c4F)cnc23)ccc1C(=O)NCCCCC[N+](C)(CCCCN)CC(=O)O. The Bertz CT molecular complexity index is 1700. The van der Waals surface area contributed by atoms with Crippen LogP contribution in [0.3, 0.4) is 0 Å². The number of methoxy groups -OCH3 is 1. The number of halogens is 2. The van der Waals surface area contributed by atoms with E-state index < -0.39 is 17.6 Å². The largest absolute Gasteiger partial charge is 0.494 e. The third kappa shape index (κ3) is 8.80. The highest BCUT2D eigenvalue weighted by Gasteiger charge is 2.24. The molecule has 0 aliphatic carbocycles. The van der Waals surface area contributed by atoms with Gasteiger partial charge in [0.1, 0.15) is 0 Å². The number of carbonyl (C=O) groups excluding carboxylic acids is 1. The van der Waals surface area contributed by atoms with Gasteiger partial charge in [0.15, 0.2) is 29.6 Å². The molecule has 0 spiro atoms. The summed E-state index contributed by atoms with van der Waals surface area (Å²) in [6.45, 7) is 4.72. The van der Waals surface area contributed by atoms with E-state index in [0.29, 0.717) is 52.4 Å². The van der Waals surface area contributed by atoms with Gasteiger partial charge < -0.3 is 30.7 Å².